The van der Waals surface area contributed by atoms with E-state index in [0.29, 0.717) is 5.75 Å². The molecule has 2 aromatic rings. The number of benzene rings is 1. The van der Waals surface area contributed by atoms with Crippen molar-refractivity contribution in [3.63, 3.8) is 0 Å². The molecule has 2 rings (SSSR count). The second-order valence-electron chi connectivity index (χ2n) is 4.84. The third-order valence-corrected chi connectivity index (χ3v) is 2.37. The van der Waals surface area contributed by atoms with Gasteiger partial charge in [-0.15, -0.1) is 0 Å². The quantitative estimate of drug-likeness (QED) is 0.746. The lowest BCUT2D eigenvalue weighted by Crippen LogP contribution is -2.25. The van der Waals surface area contributed by atoms with Crippen molar-refractivity contribution in [2.75, 3.05) is 0 Å². The summed E-state index contributed by atoms with van der Waals surface area (Å²) in [5, 5.41) is 0.931. The lowest BCUT2D eigenvalue weighted by Gasteiger charge is -2.15. The molecular weight excluding hydrogens is 202 g/mol. The molecule has 0 amide bonds. The largest absolute Gasteiger partial charge is 0.424 e. The van der Waals surface area contributed by atoms with Crippen LogP contribution in [-0.2, 0) is 4.79 Å². The van der Waals surface area contributed by atoms with E-state index in [9.17, 15) is 4.79 Å². The first kappa shape index (κ1) is 10.7. The maximum atomic E-state index is 11.7. The van der Waals surface area contributed by atoms with Crippen LogP contribution < -0.4 is 4.74 Å². The Labute approximate surface area is 94.4 Å². The average molecular weight is 217 g/mol. The Morgan fingerprint density at radius 2 is 1.94 bits per heavy atom. The molecule has 1 N–H and O–H groups in total. The summed E-state index contributed by atoms with van der Waals surface area (Å²) in [5.74, 6) is 0.368. The number of hydrogen-bond donors (Lipinski definition) is 1. The maximum absolute atomic E-state index is 11.7. The van der Waals surface area contributed by atoms with E-state index in [2.05, 4.69) is 4.98 Å². The first-order valence-corrected chi connectivity index (χ1v) is 5.27. The minimum atomic E-state index is -0.488. The van der Waals surface area contributed by atoms with E-state index in [4.69, 9.17) is 4.74 Å². The normalized spacial score (nSPS) is 11.7. The molecule has 1 aromatic carbocycles. The topological polar surface area (TPSA) is 42.1 Å². The zero-order chi connectivity index (χ0) is 11.8. The summed E-state index contributed by atoms with van der Waals surface area (Å²) in [6.45, 7) is 5.51. The monoisotopic (exact) mass is 217 g/mol. The summed E-state index contributed by atoms with van der Waals surface area (Å²) in [5.41, 5.74) is 0.484. The van der Waals surface area contributed by atoms with Crippen LogP contribution in [0.5, 0.6) is 5.75 Å². The summed E-state index contributed by atoms with van der Waals surface area (Å²) in [6, 6.07) is 7.74. The van der Waals surface area contributed by atoms with E-state index in [1.807, 2.05) is 45.0 Å². The molecule has 0 saturated heterocycles. The summed E-state index contributed by atoms with van der Waals surface area (Å²) in [7, 11) is 0. The molecule has 3 heteroatoms. The summed E-state index contributed by atoms with van der Waals surface area (Å²) < 4.78 is 5.36. The molecule has 0 aliphatic heterocycles. The summed E-state index contributed by atoms with van der Waals surface area (Å²) in [6.07, 6.45) is 1.72. The fourth-order valence-corrected chi connectivity index (χ4v) is 1.38. The minimum Gasteiger partial charge on any atom is -0.424 e. The predicted molar refractivity (Wildman–Crippen MR) is 63.4 cm³/mol. The molecule has 3 nitrogen and oxygen atoms in total. The highest BCUT2D eigenvalue weighted by atomic mass is 16.5. The number of hydrogen-bond acceptors (Lipinski definition) is 2. The Morgan fingerprint density at radius 3 is 2.62 bits per heavy atom. The first-order valence-electron chi connectivity index (χ1n) is 5.27. The van der Waals surface area contributed by atoms with Gasteiger partial charge in [0.15, 0.2) is 5.75 Å². The number of fused-ring (bicyclic) bond motifs is 1. The third-order valence-electron chi connectivity index (χ3n) is 2.37. The standard InChI is InChI=1S/C13H15NO2/c1-13(2,3)12(15)16-11-8-14-10-7-5-4-6-9(10)11/h4-8,14H,1-3H3. The van der Waals surface area contributed by atoms with Crippen molar-refractivity contribution in [1.29, 1.82) is 0 Å². The van der Waals surface area contributed by atoms with Crippen LogP contribution in [0.3, 0.4) is 0 Å². The number of esters is 1. The average Bonchev–Trinajstić information content (AvgIpc) is 2.61. The molecule has 0 unspecified atom stereocenters. The van der Waals surface area contributed by atoms with Crippen LogP contribution in [0.1, 0.15) is 20.8 Å². The molecular formula is C13H15NO2. The molecule has 0 atom stereocenters. The lowest BCUT2D eigenvalue weighted by atomic mass is 9.97. The van der Waals surface area contributed by atoms with Gasteiger partial charge in [-0.05, 0) is 32.9 Å². The minimum absolute atomic E-state index is 0.225. The molecule has 84 valence electrons. The van der Waals surface area contributed by atoms with Crippen LogP contribution in [0.2, 0.25) is 0 Å². The van der Waals surface area contributed by atoms with Crippen LogP contribution in [0, 0.1) is 5.41 Å². The Kier molecular flexibility index (Phi) is 2.46. The molecule has 1 heterocycles. The first-order chi connectivity index (χ1) is 7.48. The van der Waals surface area contributed by atoms with Gasteiger partial charge in [-0.25, -0.2) is 0 Å². The number of aromatic nitrogens is 1. The third kappa shape index (κ3) is 1.94. The van der Waals surface area contributed by atoms with Crippen LogP contribution in [0.15, 0.2) is 30.5 Å². The van der Waals surface area contributed by atoms with E-state index in [0.717, 1.165) is 10.9 Å². The number of ether oxygens (including phenoxy) is 1. The number of aromatic amines is 1. The van der Waals surface area contributed by atoms with Crippen molar-refractivity contribution in [3.05, 3.63) is 30.5 Å². The Balaban J connectivity index is 2.32. The van der Waals surface area contributed by atoms with E-state index in [1.54, 1.807) is 6.20 Å². The number of rotatable bonds is 1. The zero-order valence-electron chi connectivity index (χ0n) is 9.70. The summed E-state index contributed by atoms with van der Waals surface area (Å²) in [4.78, 5) is 14.8. The number of nitrogens with one attached hydrogen (secondary N) is 1. The van der Waals surface area contributed by atoms with E-state index in [1.165, 1.54) is 0 Å². The van der Waals surface area contributed by atoms with Crippen LogP contribution in [0.25, 0.3) is 10.9 Å². The predicted octanol–water partition coefficient (Wildman–Crippen LogP) is 3.12. The number of carbonyl (C=O) groups is 1. The van der Waals surface area contributed by atoms with Crippen LogP contribution in [0.4, 0.5) is 0 Å². The van der Waals surface area contributed by atoms with Gasteiger partial charge in [-0.2, -0.15) is 0 Å². The fraction of sp³-hybridized carbons (Fsp3) is 0.308. The Hall–Kier alpha value is -1.77. The molecule has 0 aliphatic rings. The fourth-order valence-electron chi connectivity index (χ4n) is 1.38. The van der Waals surface area contributed by atoms with Gasteiger partial charge in [-0.1, -0.05) is 12.1 Å². The van der Waals surface area contributed by atoms with Gasteiger partial charge >= 0.3 is 5.97 Å². The second kappa shape index (κ2) is 3.67. The van der Waals surface area contributed by atoms with Gasteiger partial charge < -0.3 is 9.72 Å². The van der Waals surface area contributed by atoms with Crippen LogP contribution >= 0.6 is 0 Å². The Bertz CT molecular complexity index is 520. The van der Waals surface area contributed by atoms with E-state index < -0.39 is 5.41 Å². The van der Waals surface area contributed by atoms with Crippen molar-refractivity contribution in [1.82, 2.24) is 4.98 Å². The molecule has 0 saturated carbocycles. The Morgan fingerprint density at radius 1 is 1.25 bits per heavy atom. The molecule has 0 aliphatic carbocycles. The second-order valence-corrected chi connectivity index (χ2v) is 4.84. The van der Waals surface area contributed by atoms with Gasteiger partial charge in [-0.3, -0.25) is 4.79 Å². The van der Waals surface area contributed by atoms with Crippen molar-refractivity contribution < 1.29 is 9.53 Å². The van der Waals surface area contributed by atoms with E-state index >= 15 is 0 Å². The van der Waals surface area contributed by atoms with Crippen molar-refractivity contribution >= 4 is 16.9 Å². The van der Waals surface area contributed by atoms with Crippen molar-refractivity contribution in [2.24, 2.45) is 5.41 Å². The SMILES string of the molecule is CC(C)(C)C(=O)Oc1c[nH]c2ccccc12. The molecule has 16 heavy (non-hydrogen) atoms. The molecule has 0 radical (unpaired) electrons. The smallest absolute Gasteiger partial charge is 0.316 e. The molecule has 0 bridgehead atoms. The highest BCUT2D eigenvalue weighted by Crippen LogP contribution is 2.27. The van der Waals surface area contributed by atoms with Crippen molar-refractivity contribution in [3.8, 4) is 5.75 Å². The lowest BCUT2D eigenvalue weighted by molar-refractivity contribution is -0.142. The van der Waals surface area contributed by atoms with Gasteiger partial charge in [0, 0.05) is 17.1 Å². The molecule has 0 fully saturated rings. The zero-order valence-corrected chi connectivity index (χ0v) is 9.70. The number of carbonyl (C=O) groups excluding carboxylic acids is 1. The number of para-hydroxylation sites is 1. The summed E-state index contributed by atoms with van der Waals surface area (Å²) >= 11 is 0. The van der Waals surface area contributed by atoms with E-state index in [-0.39, 0.29) is 5.97 Å². The maximum Gasteiger partial charge on any atom is 0.316 e. The van der Waals surface area contributed by atoms with Gasteiger partial charge in [0.1, 0.15) is 0 Å². The molecule has 0 spiro atoms. The molecule has 1 aromatic heterocycles. The highest BCUT2D eigenvalue weighted by Gasteiger charge is 2.24. The van der Waals surface area contributed by atoms with Gasteiger partial charge in [0.05, 0.1) is 5.41 Å². The number of H-pyrrole nitrogens is 1. The van der Waals surface area contributed by atoms with Crippen molar-refractivity contribution in [2.45, 2.75) is 20.8 Å². The highest BCUT2D eigenvalue weighted by molar-refractivity contribution is 5.89. The van der Waals surface area contributed by atoms with Gasteiger partial charge in [0.25, 0.3) is 0 Å². The van der Waals surface area contributed by atoms with Crippen LogP contribution in [-0.4, -0.2) is 11.0 Å². The van der Waals surface area contributed by atoms with Gasteiger partial charge in [0.2, 0.25) is 0 Å².